The number of aromatic nitrogens is 1. The second-order valence-electron chi connectivity index (χ2n) is 4.07. The largest absolute Gasteiger partial charge is 0.317 e. The molecular formula is C16H18ClN3OS. The van der Waals surface area contributed by atoms with Gasteiger partial charge in [0.25, 0.3) is 5.91 Å². The minimum absolute atomic E-state index is 0.178. The Bertz CT molecular complexity index is 647. The van der Waals surface area contributed by atoms with Gasteiger partial charge in [-0.25, -0.2) is 4.98 Å². The standard InChI is InChI=1S/C14H12ClN3OS.C2H6/c1-9-7-8-11(15)16-12(9)17-14(20)18-13(19)10-5-3-2-4-6-10;1-2/h2-8H,1H3,(H2,16,17,18,19,20);1-2H3. The molecule has 0 saturated heterocycles. The summed E-state index contributed by atoms with van der Waals surface area (Å²) in [6.45, 7) is 5.87. The molecule has 116 valence electrons. The first-order valence-electron chi connectivity index (χ1n) is 6.87. The van der Waals surface area contributed by atoms with Gasteiger partial charge in [0.05, 0.1) is 0 Å². The zero-order valence-electron chi connectivity index (χ0n) is 12.7. The fraction of sp³-hybridized carbons (Fsp3) is 0.188. The van der Waals surface area contributed by atoms with Crippen molar-refractivity contribution in [2.75, 3.05) is 5.32 Å². The molecule has 0 fully saturated rings. The van der Waals surface area contributed by atoms with Crippen LogP contribution in [-0.4, -0.2) is 16.0 Å². The van der Waals surface area contributed by atoms with E-state index in [1.807, 2.05) is 32.9 Å². The summed E-state index contributed by atoms with van der Waals surface area (Å²) in [5.74, 6) is 0.249. The molecule has 2 rings (SSSR count). The Balaban J connectivity index is 0.00000116. The van der Waals surface area contributed by atoms with E-state index >= 15 is 0 Å². The van der Waals surface area contributed by atoms with Gasteiger partial charge in [-0.3, -0.25) is 10.1 Å². The molecule has 0 aliphatic carbocycles. The summed E-state index contributed by atoms with van der Waals surface area (Å²) in [6.07, 6.45) is 0. The van der Waals surface area contributed by atoms with Crippen LogP contribution >= 0.6 is 23.8 Å². The van der Waals surface area contributed by atoms with Crippen molar-refractivity contribution >= 4 is 40.7 Å². The van der Waals surface area contributed by atoms with Crippen LogP contribution in [0, 0.1) is 6.92 Å². The molecule has 0 aliphatic heterocycles. The first-order chi connectivity index (χ1) is 10.6. The van der Waals surface area contributed by atoms with Crippen molar-refractivity contribution in [3.63, 3.8) is 0 Å². The lowest BCUT2D eigenvalue weighted by Crippen LogP contribution is -2.34. The summed E-state index contributed by atoms with van der Waals surface area (Å²) in [5, 5.41) is 5.98. The summed E-state index contributed by atoms with van der Waals surface area (Å²) in [6, 6.07) is 12.3. The molecule has 1 amide bonds. The minimum Gasteiger partial charge on any atom is -0.317 e. The number of halogens is 1. The number of benzene rings is 1. The van der Waals surface area contributed by atoms with Crippen LogP contribution in [0.15, 0.2) is 42.5 Å². The average Bonchev–Trinajstić information content (AvgIpc) is 2.53. The summed E-state index contributed by atoms with van der Waals surface area (Å²) in [4.78, 5) is 16.0. The van der Waals surface area contributed by atoms with Crippen LogP contribution in [0.25, 0.3) is 0 Å². The van der Waals surface area contributed by atoms with E-state index in [0.29, 0.717) is 16.5 Å². The van der Waals surface area contributed by atoms with Gasteiger partial charge in [-0.05, 0) is 42.9 Å². The third-order valence-corrected chi connectivity index (χ3v) is 2.97. The Morgan fingerprint density at radius 2 is 1.77 bits per heavy atom. The number of thiocarbonyl (C=S) groups is 1. The number of aryl methyl sites for hydroxylation is 1. The minimum atomic E-state index is -0.275. The van der Waals surface area contributed by atoms with Crippen molar-refractivity contribution < 1.29 is 4.79 Å². The predicted molar refractivity (Wildman–Crippen MR) is 95.5 cm³/mol. The van der Waals surface area contributed by atoms with Gasteiger partial charge in [0, 0.05) is 5.56 Å². The molecule has 0 unspecified atom stereocenters. The number of carbonyl (C=O) groups is 1. The van der Waals surface area contributed by atoms with Gasteiger partial charge in [-0.2, -0.15) is 0 Å². The van der Waals surface area contributed by atoms with E-state index in [0.717, 1.165) is 5.56 Å². The van der Waals surface area contributed by atoms with E-state index in [1.165, 1.54) is 0 Å². The molecule has 22 heavy (non-hydrogen) atoms. The van der Waals surface area contributed by atoms with Crippen LogP contribution in [0.1, 0.15) is 29.8 Å². The number of hydrogen-bond acceptors (Lipinski definition) is 3. The zero-order valence-corrected chi connectivity index (χ0v) is 14.3. The van der Waals surface area contributed by atoms with Gasteiger partial charge in [0.15, 0.2) is 5.11 Å². The Kier molecular flexibility index (Phi) is 7.49. The second-order valence-corrected chi connectivity index (χ2v) is 4.87. The smallest absolute Gasteiger partial charge is 0.257 e. The highest BCUT2D eigenvalue weighted by atomic mass is 35.5. The summed E-state index contributed by atoms with van der Waals surface area (Å²) in [7, 11) is 0. The lowest BCUT2D eigenvalue weighted by molar-refractivity contribution is 0.0977. The van der Waals surface area contributed by atoms with Crippen molar-refractivity contribution in [2.24, 2.45) is 0 Å². The number of hydrogen-bond donors (Lipinski definition) is 2. The maximum atomic E-state index is 11.9. The van der Waals surface area contributed by atoms with E-state index in [4.69, 9.17) is 23.8 Å². The van der Waals surface area contributed by atoms with Crippen molar-refractivity contribution in [1.82, 2.24) is 10.3 Å². The quantitative estimate of drug-likeness (QED) is 0.638. The van der Waals surface area contributed by atoms with Gasteiger partial charge in [-0.1, -0.05) is 49.7 Å². The van der Waals surface area contributed by atoms with Gasteiger partial charge < -0.3 is 5.32 Å². The molecule has 1 aromatic carbocycles. The zero-order chi connectivity index (χ0) is 16.5. The van der Waals surface area contributed by atoms with E-state index in [1.54, 1.807) is 30.3 Å². The van der Waals surface area contributed by atoms with Crippen molar-refractivity contribution in [1.29, 1.82) is 0 Å². The van der Waals surface area contributed by atoms with Crippen LogP contribution in [0.2, 0.25) is 5.15 Å². The molecule has 4 nitrogen and oxygen atoms in total. The van der Waals surface area contributed by atoms with Crippen LogP contribution in [0.3, 0.4) is 0 Å². The van der Waals surface area contributed by atoms with Crippen LogP contribution < -0.4 is 10.6 Å². The summed E-state index contributed by atoms with van der Waals surface area (Å²) < 4.78 is 0. The third kappa shape index (κ3) is 5.42. The maximum absolute atomic E-state index is 11.9. The summed E-state index contributed by atoms with van der Waals surface area (Å²) >= 11 is 10.9. The van der Waals surface area contributed by atoms with Gasteiger partial charge in [0.2, 0.25) is 0 Å². The first-order valence-corrected chi connectivity index (χ1v) is 7.65. The lowest BCUT2D eigenvalue weighted by atomic mass is 10.2. The predicted octanol–water partition coefficient (Wildman–Crippen LogP) is 4.20. The molecule has 6 heteroatoms. The first kappa shape index (κ1) is 18.1. The second kappa shape index (κ2) is 9.12. The lowest BCUT2D eigenvalue weighted by Gasteiger charge is -2.11. The van der Waals surface area contributed by atoms with Crippen LogP contribution in [0.5, 0.6) is 0 Å². The van der Waals surface area contributed by atoms with Gasteiger partial charge >= 0.3 is 0 Å². The Morgan fingerprint density at radius 3 is 2.41 bits per heavy atom. The molecule has 0 radical (unpaired) electrons. The normalized spacial score (nSPS) is 9.27. The Hall–Kier alpha value is -1.98. The fourth-order valence-electron chi connectivity index (χ4n) is 1.54. The Morgan fingerprint density at radius 1 is 1.14 bits per heavy atom. The van der Waals surface area contributed by atoms with E-state index < -0.39 is 0 Å². The topological polar surface area (TPSA) is 54.0 Å². The van der Waals surface area contributed by atoms with E-state index in [-0.39, 0.29) is 11.0 Å². The van der Waals surface area contributed by atoms with Crippen molar-refractivity contribution in [3.8, 4) is 0 Å². The number of nitrogens with one attached hydrogen (secondary N) is 2. The van der Waals surface area contributed by atoms with E-state index in [9.17, 15) is 4.79 Å². The number of carbonyl (C=O) groups excluding carboxylic acids is 1. The fourth-order valence-corrected chi connectivity index (χ4v) is 1.87. The van der Waals surface area contributed by atoms with Gasteiger partial charge in [-0.15, -0.1) is 0 Å². The molecule has 1 heterocycles. The highest BCUT2D eigenvalue weighted by molar-refractivity contribution is 7.80. The Labute approximate surface area is 140 Å². The van der Waals surface area contributed by atoms with Crippen LogP contribution in [-0.2, 0) is 0 Å². The highest BCUT2D eigenvalue weighted by Gasteiger charge is 2.09. The molecular weight excluding hydrogens is 318 g/mol. The average molecular weight is 336 g/mol. The number of pyridine rings is 1. The van der Waals surface area contributed by atoms with Crippen molar-refractivity contribution in [2.45, 2.75) is 20.8 Å². The molecule has 1 aromatic heterocycles. The molecule has 2 aromatic rings. The van der Waals surface area contributed by atoms with Gasteiger partial charge in [0.1, 0.15) is 11.0 Å². The third-order valence-electron chi connectivity index (χ3n) is 2.56. The number of anilines is 1. The molecule has 0 saturated carbocycles. The monoisotopic (exact) mass is 335 g/mol. The number of rotatable bonds is 2. The molecule has 0 aliphatic rings. The highest BCUT2D eigenvalue weighted by Crippen LogP contribution is 2.15. The SMILES string of the molecule is CC.Cc1ccc(Cl)nc1NC(=S)NC(=O)c1ccccc1. The van der Waals surface area contributed by atoms with Crippen LogP contribution in [0.4, 0.5) is 5.82 Å². The molecule has 2 N–H and O–H groups in total. The molecule has 0 bridgehead atoms. The molecule has 0 atom stereocenters. The molecule has 0 spiro atoms. The van der Waals surface area contributed by atoms with Crippen molar-refractivity contribution in [3.05, 3.63) is 58.7 Å². The number of amides is 1. The maximum Gasteiger partial charge on any atom is 0.257 e. The number of nitrogens with zero attached hydrogens (tertiary/aromatic N) is 1. The summed E-state index contributed by atoms with van der Waals surface area (Å²) in [5.41, 5.74) is 1.41. The van der Waals surface area contributed by atoms with E-state index in [2.05, 4.69) is 15.6 Å².